The number of hydrogen-bond acceptors (Lipinski definition) is 7. The van der Waals surface area contributed by atoms with Crippen LogP contribution >= 0.6 is 0 Å². The number of amides is 3. The van der Waals surface area contributed by atoms with Gasteiger partial charge in [0.2, 0.25) is 5.91 Å². The topological polar surface area (TPSA) is 106 Å². The summed E-state index contributed by atoms with van der Waals surface area (Å²) in [4.78, 5) is 51.7. The first-order chi connectivity index (χ1) is 20.5. The number of benzene rings is 1. The first-order valence-electron chi connectivity index (χ1n) is 15.6. The smallest absolute Gasteiger partial charge is 0.410 e. The Morgan fingerprint density at radius 1 is 1.07 bits per heavy atom. The van der Waals surface area contributed by atoms with E-state index in [0.29, 0.717) is 58.2 Å². The Labute approximate surface area is 255 Å². The molecule has 2 fully saturated rings. The van der Waals surface area contributed by atoms with E-state index >= 15 is 0 Å². The first kappa shape index (κ1) is 32.7. The number of carbonyl (C=O) groups excluding carboxylic acids is 3. The molecule has 2 aliphatic heterocycles. The zero-order valence-corrected chi connectivity index (χ0v) is 26.7. The van der Waals surface area contributed by atoms with E-state index < -0.39 is 17.6 Å². The molecule has 2 aromatic rings. The molecule has 11 heteroatoms. The van der Waals surface area contributed by atoms with Crippen molar-refractivity contribution in [3.8, 4) is 0 Å². The zero-order chi connectivity index (χ0) is 31.1. The van der Waals surface area contributed by atoms with E-state index in [1.54, 1.807) is 12.0 Å². The summed E-state index contributed by atoms with van der Waals surface area (Å²) in [5.74, 6) is -0.118. The van der Waals surface area contributed by atoms with Crippen LogP contribution in [0, 0.1) is 11.8 Å². The van der Waals surface area contributed by atoms with Crippen molar-refractivity contribution in [3.63, 3.8) is 0 Å². The van der Waals surface area contributed by atoms with E-state index in [0.717, 1.165) is 23.9 Å². The summed E-state index contributed by atoms with van der Waals surface area (Å²) in [5, 5.41) is 0. The maximum atomic E-state index is 14.5. The molecule has 1 aromatic heterocycles. The van der Waals surface area contributed by atoms with Gasteiger partial charge in [-0.1, -0.05) is 26.0 Å². The number of ether oxygens (including phenoxy) is 3. The number of unbranched alkanes of at least 4 members (excludes halogenated alkanes) is 1. The van der Waals surface area contributed by atoms with Crippen LogP contribution in [0.15, 0.2) is 24.3 Å². The van der Waals surface area contributed by atoms with E-state index in [4.69, 9.17) is 19.2 Å². The second kappa shape index (κ2) is 14.5. The predicted octanol–water partition coefficient (Wildman–Crippen LogP) is 4.05. The van der Waals surface area contributed by atoms with Crippen molar-refractivity contribution in [3.05, 3.63) is 30.1 Å². The van der Waals surface area contributed by atoms with Crippen molar-refractivity contribution in [1.29, 1.82) is 0 Å². The molecule has 2 saturated heterocycles. The molecule has 0 aliphatic carbocycles. The van der Waals surface area contributed by atoms with Gasteiger partial charge >= 0.3 is 6.09 Å². The fraction of sp³-hybridized carbons (Fsp3) is 0.688. The van der Waals surface area contributed by atoms with E-state index in [-0.39, 0.29) is 36.9 Å². The molecule has 43 heavy (non-hydrogen) atoms. The second-order valence-corrected chi connectivity index (χ2v) is 13.0. The first-order valence-corrected chi connectivity index (χ1v) is 15.6. The number of para-hydroxylation sites is 2. The van der Waals surface area contributed by atoms with Crippen LogP contribution in [-0.2, 0) is 25.5 Å². The second-order valence-electron chi connectivity index (χ2n) is 13.0. The standard InChI is InChI=1S/C32H49N5O6/c1-23(2)20-37(30(39)28-33-26-11-7-8-12-27(26)36(28)13-9-10-16-41-6)25-19-24(29(38)34-14-17-42-18-15-34)21-35(22-25)31(40)43-32(3,4)5/h7-8,11-12,23-25H,9-10,13-22H2,1-6H3/t24?,25-/m0/s1. The molecule has 11 nitrogen and oxygen atoms in total. The molecule has 1 unspecified atom stereocenters. The van der Waals surface area contributed by atoms with Gasteiger partial charge in [0.15, 0.2) is 5.82 Å². The minimum absolute atomic E-state index is 0.0103. The Morgan fingerprint density at radius 2 is 1.79 bits per heavy atom. The lowest BCUT2D eigenvalue weighted by atomic mass is 9.91. The van der Waals surface area contributed by atoms with Gasteiger partial charge in [0.05, 0.1) is 36.2 Å². The van der Waals surface area contributed by atoms with Gasteiger partial charge in [-0.3, -0.25) is 9.59 Å². The van der Waals surface area contributed by atoms with Gasteiger partial charge < -0.3 is 33.5 Å². The highest BCUT2D eigenvalue weighted by Crippen LogP contribution is 2.28. The third-order valence-electron chi connectivity index (χ3n) is 7.84. The van der Waals surface area contributed by atoms with Gasteiger partial charge in [-0.25, -0.2) is 9.78 Å². The number of rotatable bonds is 10. The summed E-state index contributed by atoms with van der Waals surface area (Å²) in [5.41, 5.74) is 0.989. The van der Waals surface area contributed by atoms with Gasteiger partial charge in [-0.2, -0.15) is 0 Å². The van der Waals surface area contributed by atoms with Crippen molar-refractivity contribution >= 4 is 28.9 Å². The molecule has 3 amide bonds. The van der Waals surface area contributed by atoms with Crippen LogP contribution < -0.4 is 0 Å². The highest BCUT2D eigenvalue weighted by molar-refractivity contribution is 5.95. The average molecular weight is 600 g/mol. The fourth-order valence-corrected chi connectivity index (χ4v) is 5.90. The minimum Gasteiger partial charge on any atom is -0.444 e. The number of piperidine rings is 1. The Bertz CT molecular complexity index is 1250. The molecule has 0 spiro atoms. The van der Waals surface area contributed by atoms with Gasteiger partial charge in [0, 0.05) is 53.0 Å². The van der Waals surface area contributed by atoms with Crippen LogP contribution in [0.25, 0.3) is 11.0 Å². The molecule has 0 radical (unpaired) electrons. The van der Waals surface area contributed by atoms with Crippen LogP contribution in [0.1, 0.15) is 64.5 Å². The highest BCUT2D eigenvalue weighted by Gasteiger charge is 2.41. The van der Waals surface area contributed by atoms with Crippen LogP contribution in [-0.4, -0.2) is 113 Å². The fourth-order valence-electron chi connectivity index (χ4n) is 5.90. The number of imidazole rings is 1. The van der Waals surface area contributed by atoms with Crippen LogP contribution in [0.3, 0.4) is 0 Å². The molecule has 4 rings (SSSR count). The zero-order valence-electron chi connectivity index (χ0n) is 26.7. The largest absolute Gasteiger partial charge is 0.444 e. The Kier molecular flexibility index (Phi) is 11.1. The molecule has 2 aliphatic rings. The molecular weight excluding hydrogens is 550 g/mol. The molecule has 0 saturated carbocycles. The summed E-state index contributed by atoms with van der Waals surface area (Å²) in [6.45, 7) is 13.9. The van der Waals surface area contributed by atoms with Gasteiger partial charge in [-0.15, -0.1) is 0 Å². The summed E-state index contributed by atoms with van der Waals surface area (Å²) < 4.78 is 18.5. The van der Waals surface area contributed by atoms with Crippen LogP contribution in [0.4, 0.5) is 4.79 Å². The third-order valence-corrected chi connectivity index (χ3v) is 7.84. The van der Waals surface area contributed by atoms with E-state index in [1.165, 1.54) is 0 Å². The van der Waals surface area contributed by atoms with Crippen molar-refractivity contribution in [1.82, 2.24) is 24.3 Å². The Morgan fingerprint density at radius 3 is 2.47 bits per heavy atom. The van der Waals surface area contributed by atoms with E-state index in [9.17, 15) is 14.4 Å². The quantitative estimate of drug-likeness (QED) is 0.380. The third kappa shape index (κ3) is 8.47. The number of carbonyl (C=O) groups is 3. The predicted molar refractivity (Wildman–Crippen MR) is 164 cm³/mol. The maximum Gasteiger partial charge on any atom is 0.410 e. The van der Waals surface area contributed by atoms with Gasteiger partial charge in [-0.05, 0) is 58.1 Å². The van der Waals surface area contributed by atoms with Crippen LogP contribution in [0.5, 0.6) is 0 Å². The van der Waals surface area contributed by atoms with Crippen molar-refractivity contribution in [2.45, 2.75) is 72.1 Å². The number of nitrogens with zero attached hydrogens (tertiary/aromatic N) is 5. The number of hydrogen-bond donors (Lipinski definition) is 0. The average Bonchev–Trinajstić information content (AvgIpc) is 3.35. The Balaban J connectivity index is 1.68. The van der Waals surface area contributed by atoms with Crippen LogP contribution in [0.2, 0.25) is 0 Å². The number of methoxy groups -OCH3 is 1. The maximum absolute atomic E-state index is 14.5. The van der Waals surface area contributed by atoms with E-state index in [1.807, 2.05) is 59.4 Å². The number of aromatic nitrogens is 2. The molecule has 3 heterocycles. The van der Waals surface area contributed by atoms with E-state index in [2.05, 4.69) is 13.8 Å². The number of likely N-dealkylation sites (tertiary alicyclic amines) is 1. The van der Waals surface area contributed by atoms with Gasteiger partial charge in [0.1, 0.15) is 5.60 Å². The number of aryl methyl sites for hydroxylation is 1. The molecule has 0 bridgehead atoms. The number of fused-ring (bicyclic) bond motifs is 1. The molecular formula is C32H49N5O6. The SMILES string of the molecule is COCCCCn1c(C(=O)N(CC(C)C)[C@H]2CC(C(=O)N3CCOCC3)CN(C(=O)OC(C)(C)C)C2)nc2ccccc21. The van der Waals surface area contributed by atoms with Crippen molar-refractivity contribution < 1.29 is 28.6 Å². The normalized spacial score (nSPS) is 19.6. The molecule has 1 aromatic carbocycles. The lowest BCUT2D eigenvalue weighted by molar-refractivity contribution is -0.142. The molecule has 2 atom stereocenters. The van der Waals surface area contributed by atoms with Gasteiger partial charge in [0.25, 0.3) is 5.91 Å². The summed E-state index contributed by atoms with van der Waals surface area (Å²) in [7, 11) is 1.69. The van der Waals surface area contributed by atoms with Crippen molar-refractivity contribution in [2.75, 3.05) is 59.7 Å². The summed E-state index contributed by atoms with van der Waals surface area (Å²) in [6, 6.07) is 7.41. The lowest BCUT2D eigenvalue weighted by Crippen LogP contribution is -2.58. The Hall–Kier alpha value is -3.18. The highest BCUT2D eigenvalue weighted by atomic mass is 16.6. The summed E-state index contributed by atoms with van der Waals surface area (Å²) >= 11 is 0. The minimum atomic E-state index is -0.686. The molecule has 238 valence electrons. The lowest BCUT2D eigenvalue weighted by Gasteiger charge is -2.44. The summed E-state index contributed by atoms with van der Waals surface area (Å²) in [6.07, 6.45) is 1.69. The molecule has 0 N–H and O–H groups in total. The monoisotopic (exact) mass is 599 g/mol. The van der Waals surface area contributed by atoms with Crippen molar-refractivity contribution in [2.24, 2.45) is 11.8 Å². The number of morpholine rings is 1.